The van der Waals surface area contributed by atoms with E-state index in [1.54, 1.807) is 6.07 Å². The zero-order valence-electron chi connectivity index (χ0n) is 13.2. The van der Waals surface area contributed by atoms with E-state index in [9.17, 15) is 13.2 Å². The van der Waals surface area contributed by atoms with Gasteiger partial charge in [0.25, 0.3) is 0 Å². The molecule has 0 spiro atoms. The molecule has 0 bridgehead atoms. The van der Waals surface area contributed by atoms with Crippen molar-refractivity contribution in [2.75, 3.05) is 20.6 Å². The van der Waals surface area contributed by atoms with Crippen molar-refractivity contribution in [2.45, 2.75) is 25.6 Å². The second kappa shape index (κ2) is 7.55. The fourth-order valence-electron chi connectivity index (χ4n) is 2.12. The van der Waals surface area contributed by atoms with Crippen LogP contribution in [0, 0.1) is 0 Å². The molecule has 3 nitrogen and oxygen atoms in total. The van der Waals surface area contributed by atoms with Crippen LogP contribution in [0.1, 0.15) is 23.5 Å². The van der Waals surface area contributed by atoms with Crippen LogP contribution in [0.3, 0.4) is 0 Å². The molecule has 0 saturated carbocycles. The summed E-state index contributed by atoms with van der Waals surface area (Å²) in [5.41, 5.74) is -0.723. The van der Waals surface area contributed by atoms with Crippen molar-refractivity contribution < 1.29 is 22.3 Å². The molecule has 1 aromatic carbocycles. The Morgan fingerprint density at radius 1 is 1.09 bits per heavy atom. The number of hydrogen-bond acceptors (Lipinski definition) is 3. The molecule has 0 saturated heterocycles. The van der Waals surface area contributed by atoms with Crippen molar-refractivity contribution in [1.82, 2.24) is 4.90 Å². The molecule has 0 radical (unpaired) electrons. The number of benzene rings is 1. The predicted molar refractivity (Wildman–Crippen MR) is 81.4 cm³/mol. The molecule has 2 rings (SSSR count). The Bertz CT molecular complexity index is 620. The van der Waals surface area contributed by atoms with Crippen molar-refractivity contribution in [1.29, 1.82) is 0 Å². The molecule has 0 aliphatic rings. The molecular weight excluding hydrogens is 307 g/mol. The topological polar surface area (TPSA) is 25.6 Å². The van der Waals surface area contributed by atoms with Crippen LogP contribution in [-0.2, 0) is 19.2 Å². The van der Waals surface area contributed by atoms with Gasteiger partial charge in [0, 0.05) is 6.42 Å². The standard InChI is InChI=1S/C17H20F3NO2/c1-21(2)10-4-7-14-8-9-16(23-14)12-22-15-6-3-5-13(11-15)17(18,19)20/h3,5-6,8-9,11H,4,7,10,12H2,1-2H3. The van der Waals surface area contributed by atoms with E-state index < -0.39 is 11.7 Å². The number of furan rings is 1. The van der Waals surface area contributed by atoms with Gasteiger partial charge in [0.05, 0.1) is 5.56 Å². The minimum atomic E-state index is -4.37. The molecule has 0 amide bonds. The van der Waals surface area contributed by atoms with Crippen molar-refractivity contribution in [2.24, 2.45) is 0 Å². The van der Waals surface area contributed by atoms with Gasteiger partial charge in [0.1, 0.15) is 23.9 Å². The first-order valence-corrected chi connectivity index (χ1v) is 7.37. The summed E-state index contributed by atoms with van der Waals surface area (Å²) in [6.07, 6.45) is -2.57. The number of nitrogens with zero attached hydrogens (tertiary/aromatic N) is 1. The van der Waals surface area contributed by atoms with Gasteiger partial charge in [-0.1, -0.05) is 6.07 Å². The smallest absolute Gasteiger partial charge is 0.416 e. The first-order valence-electron chi connectivity index (χ1n) is 7.37. The average molecular weight is 327 g/mol. The summed E-state index contributed by atoms with van der Waals surface area (Å²) in [5, 5.41) is 0. The van der Waals surface area contributed by atoms with E-state index in [4.69, 9.17) is 9.15 Å². The third kappa shape index (κ3) is 5.63. The highest BCUT2D eigenvalue weighted by Crippen LogP contribution is 2.31. The summed E-state index contributed by atoms with van der Waals surface area (Å²) in [4.78, 5) is 2.10. The van der Waals surface area contributed by atoms with Crippen molar-refractivity contribution >= 4 is 0 Å². The van der Waals surface area contributed by atoms with Gasteiger partial charge in [-0.15, -0.1) is 0 Å². The van der Waals surface area contributed by atoms with Crippen LogP contribution < -0.4 is 4.74 Å². The second-order valence-corrected chi connectivity index (χ2v) is 5.59. The second-order valence-electron chi connectivity index (χ2n) is 5.59. The summed E-state index contributed by atoms with van der Waals surface area (Å²) >= 11 is 0. The van der Waals surface area contributed by atoms with E-state index in [-0.39, 0.29) is 12.4 Å². The van der Waals surface area contributed by atoms with E-state index in [1.807, 2.05) is 20.2 Å². The van der Waals surface area contributed by atoms with Gasteiger partial charge >= 0.3 is 6.18 Å². The molecule has 126 valence electrons. The average Bonchev–Trinajstić information content (AvgIpc) is 2.92. The SMILES string of the molecule is CN(C)CCCc1ccc(COc2cccc(C(F)(F)F)c2)o1. The fraction of sp³-hybridized carbons (Fsp3) is 0.412. The Morgan fingerprint density at radius 3 is 2.52 bits per heavy atom. The highest BCUT2D eigenvalue weighted by molar-refractivity contribution is 5.30. The van der Waals surface area contributed by atoms with Crippen LogP contribution in [0.4, 0.5) is 13.2 Å². The van der Waals surface area contributed by atoms with Crippen molar-refractivity contribution in [3.63, 3.8) is 0 Å². The lowest BCUT2D eigenvalue weighted by Gasteiger charge is -2.09. The first kappa shape index (κ1) is 17.4. The van der Waals surface area contributed by atoms with E-state index in [2.05, 4.69) is 4.90 Å². The number of rotatable bonds is 7. The number of alkyl halides is 3. The van der Waals surface area contributed by atoms with Crippen molar-refractivity contribution in [3.8, 4) is 5.75 Å². The van der Waals surface area contributed by atoms with Gasteiger partial charge in [-0.25, -0.2) is 0 Å². The van der Waals surface area contributed by atoms with Gasteiger partial charge < -0.3 is 14.1 Å². The normalized spacial score (nSPS) is 11.9. The predicted octanol–water partition coefficient (Wildman–Crippen LogP) is 4.37. The lowest BCUT2D eigenvalue weighted by Crippen LogP contribution is -2.13. The molecular formula is C17H20F3NO2. The lowest BCUT2D eigenvalue weighted by atomic mass is 10.2. The minimum Gasteiger partial charge on any atom is -0.486 e. The zero-order chi connectivity index (χ0) is 16.9. The van der Waals surface area contributed by atoms with Gasteiger partial charge in [-0.3, -0.25) is 0 Å². The number of aryl methyl sites for hydroxylation is 1. The maximum Gasteiger partial charge on any atom is 0.416 e. The molecule has 0 fully saturated rings. The Labute approximate surface area is 133 Å². The van der Waals surface area contributed by atoms with Crippen LogP contribution in [0.2, 0.25) is 0 Å². The summed E-state index contributed by atoms with van der Waals surface area (Å²) < 4.78 is 48.9. The minimum absolute atomic E-state index is 0.106. The zero-order valence-corrected chi connectivity index (χ0v) is 13.2. The summed E-state index contributed by atoms with van der Waals surface area (Å²) in [5.74, 6) is 1.63. The molecule has 0 atom stereocenters. The Kier molecular flexibility index (Phi) is 5.71. The van der Waals surface area contributed by atoms with Crippen LogP contribution >= 0.6 is 0 Å². The van der Waals surface area contributed by atoms with Crippen LogP contribution in [0.15, 0.2) is 40.8 Å². The quantitative estimate of drug-likeness (QED) is 0.755. The largest absolute Gasteiger partial charge is 0.486 e. The maximum atomic E-state index is 12.6. The van der Waals surface area contributed by atoms with E-state index >= 15 is 0 Å². The number of hydrogen-bond donors (Lipinski definition) is 0. The van der Waals surface area contributed by atoms with Gasteiger partial charge in [0.2, 0.25) is 0 Å². The number of halogens is 3. The molecule has 2 aromatic rings. The third-order valence-corrected chi connectivity index (χ3v) is 3.29. The van der Waals surface area contributed by atoms with E-state index in [0.717, 1.165) is 37.3 Å². The molecule has 0 aliphatic heterocycles. The monoisotopic (exact) mass is 327 g/mol. The molecule has 0 N–H and O–H groups in total. The Hall–Kier alpha value is -1.95. The molecule has 1 heterocycles. The van der Waals surface area contributed by atoms with E-state index in [0.29, 0.717) is 5.76 Å². The third-order valence-electron chi connectivity index (χ3n) is 3.29. The lowest BCUT2D eigenvalue weighted by molar-refractivity contribution is -0.137. The Balaban J connectivity index is 1.88. The highest BCUT2D eigenvalue weighted by atomic mass is 19.4. The molecule has 23 heavy (non-hydrogen) atoms. The molecule has 0 aliphatic carbocycles. The van der Waals surface area contributed by atoms with Crippen LogP contribution in [0.5, 0.6) is 5.75 Å². The number of ether oxygens (including phenoxy) is 1. The molecule has 1 aromatic heterocycles. The van der Waals surface area contributed by atoms with Gasteiger partial charge in [0.15, 0.2) is 0 Å². The fourth-order valence-corrected chi connectivity index (χ4v) is 2.12. The van der Waals surface area contributed by atoms with E-state index in [1.165, 1.54) is 12.1 Å². The molecule has 0 unspecified atom stereocenters. The van der Waals surface area contributed by atoms with Crippen LogP contribution in [0.25, 0.3) is 0 Å². The van der Waals surface area contributed by atoms with Crippen molar-refractivity contribution in [3.05, 3.63) is 53.5 Å². The summed E-state index contributed by atoms with van der Waals surface area (Å²) in [7, 11) is 4.02. The highest BCUT2D eigenvalue weighted by Gasteiger charge is 2.30. The summed E-state index contributed by atoms with van der Waals surface area (Å²) in [6.45, 7) is 1.08. The van der Waals surface area contributed by atoms with Gasteiger partial charge in [-0.05, 0) is 57.4 Å². The van der Waals surface area contributed by atoms with Gasteiger partial charge in [-0.2, -0.15) is 13.2 Å². The maximum absolute atomic E-state index is 12.6. The Morgan fingerprint density at radius 2 is 1.83 bits per heavy atom. The summed E-state index contributed by atoms with van der Waals surface area (Å²) in [6, 6.07) is 8.49. The van der Waals surface area contributed by atoms with Crippen LogP contribution in [-0.4, -0.2) is 25.5 Å². The molecule has 6 heteroatoms. The first-order chi connectivity index (χ1) is 10.8.